The highest BCUT2D eigenvalue weighted by Crippen LogP contribution is 2.35. The van der Waals surface area contributed by atoms with Gasteiger partial charge in [-0.2, -0.15) is 0 Å². The van der Waals surface area contributed by atoms with Crippen LogP contribution in [0.25, 0.3) is 0 Å². The molecule has 23 heavy (non-hydrogen) atoms. The smallest absolute Gasteiger partial charge is 0.260 e. The molecule has 2 aromatic carbocycles. The van der Waals surface area contributed by atoms with Crippen LogP contribution in [0.4, 0.5) is 5.69 Å². The Bertz CT molecular complexity index is 831. The van der Waals surface area contributed by atoms with E-state index < -0.39 is 0 Å². The lowest BCUT2D eigenvalue weighted by molar-refractivity contribution is 0.0966. The molecule has 0 saturated carbocycles. The van der Waals surface area contributed by atoms with Crippen molar-refractivity contribution in [2.45, 2.75) is 12.5 Å². The van der Waals surface area contributed by atoms with Crippen LogP contribution in [-0.2, 0) is 6.42 Å². The van der Waals surface area contributed by atoms with Crippen molar-refractivity contribution in [3.63, 3.8) is 0 Å². The minimum atomic E-state index is -0.0338. The van der Waals surface area contributed by atoms with E-state index in [0.717, 1.165) is 23.4 Å². The van der Waals surface area contributed by atoms with Crippen LogP contribution in [0.3, 0.4) is 0 Å². The lowest BCUT2D eigenvalue weighted by Gasteiger charge is -2.36. The van der Waals surface area contributed by atoms with Gasteiger partial charge in [0.15, 0.2) is 0 Å². The number of nitrogens with zero attached hydrogens (tertiary/aromatic N) is 2. The predicted molar refractivity (Wildman–Crippen MR) is 90.4 cm³/mol. The Morgan fingerprint density at radius 3 is 2.30 bits per heavy atom. The van der Waals surface area contributed by atoms with Gasteiger partial charge in [0.05, 0.1) is 17.3 Å². The predicted octanol–water partition coefficient (Wildman–Crippen LogP) is 4.03. The monoisotopic (exact) mass is 300 g/mol. The highest BCUT2D eigenvalue weighted by Gasteiger charge is 2.34. The van der Waals surface area contributed by atoms with E-state index in [-0.39, 0.29) is 11.9 Å². The first-order valence-electron chi connectivity index (χ1n) is 7.72. The van der Waals surface area contributed by atoms with E-state index in [9.17, 15) is 4.79 Å². The van der Waals surface area contributed by atoms with Crippen molar-refractivity contribution in [1.29, 1.82) is 0 Å². The van der Waals surface area contributed by atoms with E-state index in [0.29, 0.717) is 5.56 Å². The highest BCUT2D eigenvalue weighted by molar-refractivity contribution is 6.08. The summed E-state index contributed by atoms with van der Waals surface area (Å²) in [5.74, 6) is 0.0133. The van der Waals surface area contributed by atoms with Crippen molar-refractivity contribution in [1.82, 2.24) is 4.98 Å². The summed E-state index contributed by atoms with van der Waals surface area (Å²) in [5, 5.41) is 0. The van der Waals surface area contributed by atoms with Gasteiger partial charge in [-0.25, -0.2) is 0 Å². The van der Waals surface area contributed by atoms with Crippen LogP contribution in [0, 0.1) is 0 Å². The summed E-state index contributed by atoms with van der Waals surface area (Å²) in [6, 6.07) is 23.7. The fraction of sp³-hybridized carbons (Fsp3) is 0.100. The van der Waals surface area contributed by atoms with Gasteiger partial charge in [0.2, 0.25) is 0 Å². The van der Waals surface area contributed by atoms with Crippen molar-refractivity contribution in [3.8, 4) is 0 Å². The Hall–Kier alpha value is -2.94. The maximum Gasteiger partial charge on any atom is 0.260 e. The molecule has 3 nitrogen and oxygen atoms in total. The summed E-state index contributed by atoms with van der Waals surface area (Å²) >= 11 is 0. The molecule has 1 atom stereocenters. The molecule has 0 radical (unpaired) electrons. The molecule has 0 bridgehead atoms. The topological polar surface area (TPSA) is 33.2 Å². The normalized spacial score (nSPS) is 17.0. The van der Waals surface area contributed by atoms with Crippen LogP contribution in [-0.4, -0.2) is 10.9 Å². The van der Waals surface area contributed by atoms with Gasteiger partial charge in [0.25, 0.3) is 5.91 Å². The number of hydrogen-bond acceptors (Lipinski definition) is 2. The number of carbonyl (C=O) groups excluding carboxylic acids is 1. The SMILES string of the molecule is O=C1c2cccnc2CC(c2ccccc2)N1c1ccccc1. The third-order valence-electron chi connectivity index (χ3n) is 4.26. The number of para-hydroxylation sites is 1. The molecule has 0 aliphatic carbocycles. The Morgan fingerprint density at radius 1 is 0.870 bits per heavy atom. The molecule has 0 N–H and O–H groups in total. The number of hydrogen-bond donors (Lipinski definition) is 0. The zero-order chi connectivity index (χ0) is 15.6. The van der Waals surface area contributed by atoms with Gasteiger partial charge in [-0.1, -0.05) is 48.5 Å². The molecule has 2 heterocycles. The van der Waals surface area contributed by atoms with Crippen LogP contribution in [0.15, 0.2) is 79.0 Å². The number of aromatic nitrogens is 1. The summed E-state index contributed by atoms with van der Waals surface area (Å²) in [4.78, 5) is 19.4. The molecule has 4 rings (SSSR count). The number of benzene rings is 2. The van der Waals surface area contributed by atoms with Crippen LogP contribution in [0.5, 0.6) is 0 Å². The highest BCUT2D eigenvalue weighted by atomic mass is 16.2. The minimum absolute atomic E-state index is 0.0133. The molecule has 112 valence electrons. The van der Waals surface area contributed by atoms with Crippen molar-refractivity contribution in [2.24, 2.45) is 0 Å². The second-order valence-electron chi connectivity index (χ2n) is 5.64. The lowest BCUT2D eigenvalue weighted by Crippen LogP contribution is -2.40. The van der Waals surface area contributed by atoms with E-state index in [1.165, 1.54) is 0 Å². The van der Waals surface area contributed by atoms with Crippen LogP contribution in [0.1, 0.15) is 27.7 Å². The van der Waals surface area contributed by atoms with E-state index in [4.69, 9.17) is 0 Å². The first-order chi connectivity index (χ1) is 11.3. The second-order valence-corrected chi connectivity index (χ2v) is 5.64. The number of pyridine rings is 1. The molecule has 0 saturated heterocycles. The van der Waals surface area contributed by atoms with Crippen molar-refractivity contribution in [2.75, 3.05) is 4.90 Å². The van der Waals surface area contributed by atoms with Gasteiger partial charge in [-0.3, -0.25) is 9.78 Å². The molecule has 1 aliphatic heterocycles. The fourth-order valence-corrected chi connectivity index (χ4v) is 3.17. The third kappa shape index (κ3) is 2.40. The van der Waals surface area contributed by atoms with E-state index in [2.05, 4.69) is 17.1 Å². The summed E-state index contributed by atoms with van der Waals surface area (Å²) in [6.45, 7) is 0. The fourth-order valence-electron chi connectivity index (χ4n) is 3.17. The third-order valence-corrected chi connectivity index (χ3v) is 4.26. The Morgan fingerprint density at radius 2 is 1.57 bits per heavy atom. The van der Waals surface area contributed by atoms with Gasteiger partial charge >= 0.3 is 0 Å². The zero-order valence-electron chi connectivity index (χ0n) is 12.6. The minimum Gasteiger partial charge on any atom is -0.300 e. The maximum atomic E-state index is 13.1. The van der Waals surface area contributed by atoms with Crippen molar-refractivity contribution >= 4 is 11.6 Å². The van der Waals surface area contributed by atoms with Crippen LogP contribution < -0.4 is 4.90 Å². The average Bonchev–Trinajstić information content (AvgIpc) is 2.63. The molecule has 3 heteroatoms. The van der Waals surface area contributed by atoms with E-state index in [1.54, 1.807) is 6.20 Å². The molecule has 0 fully saturated rings. The van der Waals surface area contributed by atoms with Gasteiger partial charge in [-0.05, 0) is 29.8 Å². The quantitative estimate of drug-likeness (QED) is 0.716. The second kappa shape index (κ2) is 5.69. The number of rotatable bonds is 2. The Kier molecular flexibility index (Phi) is 3.39. The van der Waals surface area contributed by atoms with Gasteiger partial charge in [0.1, 0.15) is 0 Å². The Labute approximate surface area is 135 Å². The Balaban J connectivity index is 1.87. The molecular formula is C20H16N2O. The first-order valence-corrected chi connectivity index (χ1v) is 7.72. The molecule has 0 spiro atoms. The summed E-state index contributed by atoms with van der Waals surface area (Å²) in [7, 11) is 0. The summed E-state index contributed by atoms with van der Waals surface area (Å²) in [5.41, 5.74) is 3.61. The van der Waals surface area contributed by atoms with Gasteiger partial charge < -0.3 is 4.90 Å². The zero-order valence-corrected chi connectivity index (χ0v) is 12.6. The van der Waals surface area contributed by atoms with Crippen LogP contribution in [0.2, 0.25) is 0 Å². The van der Waals surface area contributed by atoms with Crippen molar-refractivity contribution in [3.05, 3.63) is 95.8 Å². The molecule has 3 aromatic rings. The molecule has 1 unspecified atom stereocenters. The number of fused-ring (bicyclic) bond motifs is 1. The maximum absolute atomic E-state index is 13.1. The number of anilines is 1. The van der Waals surface area contributed by atoms with Gasteiger partial charge in [0, 0.05) is 18.3 Å². The number of amides is 1. The van der Waals surface area contributed by atoms with Gasteiger partial charge in [-0.15, -0.1) is 0 Å². The molecule has 1 aromatic heterocycles. The standard InChI is InChI=1S/C20H16N2O/c23-20-17-12-7-13-21-18(17)14-19(15-8-3-1-4-9-15)22(20)16-10-5-2-6-11-16/h1-13,19H,14H2. The van der Waals surface area contributed by atoms with Crippen molar-refractivity contribution < 1.29 is 4.79 Å². The summed E-state index contributed by atoms with van der Waals surface area (Å²) < 4.78 is 0. The average molecular weight is 300 g/mol. The van der Waals surface area contributed by atoms with Crippen LogP contribution >= 0.6 is 0 Å². The van der Waals surface area contributed by atoms with E-state index >= 15 is 0 Å². The first kappa shape index (κ1) is 13.7. The molecule has 1 amide bonds. The number of carbonyl (C=O) groups is 1. The van der Waals surface area contributed by atoms with E-state index in [1.807, 2.05) is 65.6 Å². The lowest BCUT2D eigenvalue weighted by atomic mass is 9.92. The molecular weight excluding hydrogens is 284 g/mol. The summed E-state index contributed by atoms with van der Waals surface area (Å²) in [6.07, 6.45) is 2.48. The largest absolute Gasteiger partial charge is 0.300 e. The molecule has 1 aliphatic rings.